The van der Waals surface area contributed by atoms with Crippen LogP contribution in [-0.4, -0.2) is 0 Å². The second-order valence-corrected chi connectivity index (χ2v) is 9.55. The highest BCUT2D eigenvalue weighted by Gasteiger charge is 2.08. The van der Waals surface area contributed by atoms with E-state index in [1.807, 2.05) is 0 Å². The lowest BCUT2D eigenvalue weighted by atomic mass is 9.93. The lowest BCUT2D eigenvalue weighted by molar-refractivity contribution is 1.61. The molecular formula is C30H20Br2. The van der Waals surface area contributed by atoms with Crippen LogP contribution in [0.4, 0.5) is 0 Å². The van der Waals surface area contributed by atoms with E-state index in [2.05, 4.69) is 153 Å². The molecule has 0 N–H and O–H groups in total. The molecule has 0 aliphatic heterocycles. The molecule has 0 heterocycles. The monoisotopic (exact) mass is 538 g/mol. The summed E-state index contributed by atoms with van der Waals surface area (Å²) in [5, 5.41) is 5.07. The summed E-state index contributed by atoms with van der Waals surface area (Å²) >= 11 is 7.04. The first-order valence-electron chi connectivity index (χ1n) is 10.5. The number of rotatable bonds is 4. The Balaban J connectivity index is 1.70. The van der Waals surface area contributed by atoms with Crippen LogP contribution in [-0.2, 0) is 0 Å². The van der Waals surface area contributed by atoms with Gasteiger partial charge >= 0.3 is 0 Å². The molecule has 5 aromatic rings. The number of halogens is 2. The van der Waals surface area contributed by atoms with E-state index in [4.69, 9.17) is 0 Å². The molecule has 0 spiro atoms. The molecular weight excluding hydrogens is 520 g/mol. The first-order chi connectivity index (χ1) is 15.7. The molecule has 0 aromatic heterocycles. The minimum atomic E-state index is 1.09. The number of hydrogen-bond acceptors (Lipinski definition) is 0. The standard InChI is InChI=1S/C30H20Br2/c31-26-16-6-21(7-17-26)5-11-24-13-15-25-14-12-23-3-1-2-4-28(23)30(25)29(24)20-10-22-8-18-27(32)19-9-22/h1-20H/b11-5+,20-10+. The zero-order valence-corrected chi connectivity index (χ0v) is 20.5. The van der Waals surface area contributed by atoms with Crippen LogP contribution in [0.15, 0.2) is 106 Å². The highest BCUT2D eigenvalue weighted by atomic mass is 79.9. The molecule has 0 unspecified atom stereocenters. The fourth-order valence-corrected chi connectivity index (χ4v) is 4.51. The van der Waals surface area contributed by atoms with Gasteiger partial charge in [-0.2, -0.15) is 0 Å². The normalized spacial score (nSPS) is 11.8. The van der Waals surface area contributed by atoms with Crippen LogP contribution in [0.3, 0.4) is 0 Å². The summed E-state index contributed by atoms with van der Waals surface area (Å²) in [5.41, 5.74) is 4.78. The first kappa shape index (κ1) is 20.9. The van der Waals surface area contributed by atoms with Crippen LogP contribution in [0.25, 0.3) is 45.8 Å². The minimum absolute atomic E-state index is 1.09. The van der Waals surface area contributed by atoms with E-state index in [9.17, 15) is 0 Å². The molecule has 0 amide bonds. The number of hydrogen-bond donors (Lipinski definition) is 0. The zero-order chi connectivity index (χ0) is 21.9. The largest absolute Gasteiger partial charge is 0.0616 e. The average Bonchev–Trinajstić information content (AvgIpc) is 2.83. The molecule has 0 aliphatic carbocycles. The van der Waals surface area contributed by atoms with Gasteiger partial charge in [-0.25, -0.2) is 0 Å². The molecule has 0 aliphatic rings. The lowest BCUT2D eigenvalue weighted by Crippen LogP contribution is -1.87. The predicted octanol–water partition coefficient (Wildman–Crippen LogP) is 9.86. The van der Waals surface area contributed by atoms with Gasteiger partial charge in [-0.15, -0.1) is 0 Å². The fraction of sp³-hybridized carbons (Fsp3) is 0. The van der Waals surface area contributed by atoms with E-state index < -0.39 is 0 Å². The van der Waals surface area contributed by atoms with Crippen LogP contribution in [0.1, 0.15) is 22.3 Å². The van der Waals surface area contributed by atoms with Crippen molar-refractivity contribution in [2.75, 3.05) is 0 Å². The summed E-state index contributed by atoms with van der Waals surface area (Å²) in [7, 11) is 0. The molecule has 32 heavy (non-hydrogen) atoms. The summed E-state index contributed by atoms with van der Waals surface area (Å²) in [5.74, 6) is 0. The van der Waals surface area contributed by atoms with Crippen LogP contribution in [0.2, 0.25) is 0 Å². The van der Waals surface area contributed by atoms with Crippen molar-refractivity contribution in [2.45, 2.75) is 0 Å². The molecule has 0 saturated carbocycles. The predicted molar refractivity (Wildman–Crippen MR) is 148 cm³/mol. The summed E-state index contributed by atoms with van der Waals surface area (Å²) in [6, 6.07) is 34.3. The molecule has 0 bridgehead atoms. The van der Waals surface area contributed by atoms with E-state index in [0.29, 0.717) is 0 Å². The Morgan fingerprint density at radius 1 is 0.469 bits per heavy atom. The lowest BCUT2D eigenvalue weighted by Gasteiger charge is -2.11. The van der Waals surface area contributed by atoms with Crippen LogP contribution in [0.5, 0.6) is 0 Å². The maximum absolute atomic E-state index is 3.52. The summed E-state index contributed by atoms with van der Waals surface area (Å²) in [4.78, 5) is 0. The van der Waals surface area contributed by atoms with Crippen molar-refractivity contribution in [1.29, 1.82) is 0 Å². The Hall–Kier alpha value is -2.94. The Kier molecular flexibility index (Phi) is 6.07. The molecule has 0 atom stereocenters. The summed E-state index contributed by atoms with van der Waals surface area (Å²) < 4.78 is 2.17. The van der Waals surface area contributed by atoms with Gasteiger partial charge in [0.1, 0.15) is 0 Å². The number of benzene rings is 5. The van der Waals surface area contributed by atoms with Crippen LogP contribution >= 0.6 is 31.9 Å². The van der Waals surface area contributed by atoms with Crippen molar-refractivity contribution in [3.8, 4) is 0 Å². The molecule has 154 valence electrons. The van der Waals surface area contributed by atoms with E-state index in [1.165, 1.54) is 43.8 Å². The van der Waals surface area contributed by atoms with Gasteiger partial charge in [-0.3, -0.25) is 0 Å². The third-order valence-electron chi connectivity index (χ3n) is 5.62. The molecule has 0 nitrogen and oxygen atoms in total. The third kappa shape index (κ3) is 4.48. The minimum Gasteiger partial charge on any atom is -0.0616 e. The molecule has 0 saturated heterocycles. The highest BCUT2D eigenvalue weighted by Crippen LogP contribution is 2.33. The van der Waals surface area contributed by atoms with Gasteiger partial charge in [0.2, 0.25) is 0 Å². The number of fused-ring (bicyclic) bond motifs is 3. The van der Waals surface area contributed by atoms with Gasteiger partial charge in [0.15, 0.2) is 0 Å². The van der Waals surface area contributed by atoms with E-state index in [1.54, 1.807) is 0 Å². The summed E-state index contributed by atoms with van der Waals surface area (Å²) in [6.07, 6.45) is 8.83. The Bertz CT molecular complexity index is 1460. The van der Waals surface area contributed by atoms with Crippen LogP contribution in [0, 0.1) is 0 Å². The second-order valence-electron chi connectivity index (χ2n) is 7.72. The topological polar surface area (TPSA) is 0 Å². The van der Waals surface area contributed by atoms with Crippen molar-refractivity contribution >= 4 is 77.7 Å². The Morgan fingerprint density at radius 3 is 1.72 bits per heavy atom. The smallest absolute Gasteiger partial charge is 0.0175 e. The zero-order valence-electron chi connectivity index (χ0n) is 17.3. The highest BCUT2D eigenvalue weighted by molar-refractivity contribution is 9.10. The molecule has 0 fully saturated rings. The Labute approximate surface area is 205 Å². The van der Waals surface area contributed by atoms with Gasteiger partial charge in [-0.1, -0.05) is 129 Å². The van der Waals surface area contributed by atoms with Gasteiger partial charge in [0, 0.05) is 8.95 Å². The summed E-state index contributed by atoms with van der Waals surface area (Å²) in [6.45, 7) is 0. The second kappa shape index (κ2) is 9.28. The van der Waals surface area contributed by atoms with Gasteiger partial charge in [-0.05, 0) is 68.1 Å². The molecule has 0 radical (unpaired) electrons. The van der Waals surface area contributed by atoms with Gasteiger partial charge < -0.3 is 0 Å². The van der Waals surface area contributed by atoms with E-state index in [0.717, 1.165) is 8.95 Å². The quantitative estimate of drug-likeness (QED) is 0.157. The first-order valence-corrected chi connectivity index (χ1v) is 12.1. The van der Waals surface area contributed by atoms with Crippen LogP contribution < -0.4 is 0 Å². The van der Waals surface area contributed by atoms with E-state index >= 15 is 0 Å². The maximum Gasteiger partial charge on any atom is 0.0175 e. The average molecular weight is 540 g/mol. The van der Waals surface area contributed by atoms with Crippen molar-refractivity contribution < 1.29 is 0 Å². The third-order valence-corrected chi connectivity index (χ3v) is 6.68. The van der Waals surface area contributed by atoms with Crippen molar-refractivity contribution in [1.82, 2.24) is 0 Å². The molecule has 5 aromatic carbocycles. The SMILES string of the molecule is Brc1ccc(/C=C/c2ccc3ccc4ccccc4c3c2/C=C/c2ccc(Br)cc2)cc1. The maximum atomic E-state index is 3.52. The van der Waals surface area contributed by atoms with E-state index in [-0.39, 0.29) is 0 Å². The van der Waals surface area contributed by atoms with Gasteiger partial charge in [0.05, 0.1) is 0 Å². The van der Waals surface area contributed by atoms with Crippen molar-refractivity contribution in [3.63, 3.8) is 0 Å². The fourth-order valence-electron chi connectivity index (χ4n) is 3.98. The molecule has 5 rings (SSSR count). The molecule has 2 heteroatoms. The Morgan fingerprint density at radius 2 is 1.03 bits per heavy atom. The van der Waals surface area contributed by atoms with Gasteiger partial charge in [0.25, 0.3) is 0 Å². The van der Waals surface area contributed by atoms with Crippen molar-refractivity contribution in [2.24, 2.45) is 0 Å². The van der Waals surface area contributed by atoms with Crippen molar-refractivity contribution in [3.05, 3.63) is 128 Å².